The van der Waals surface area contributed by atoms with Gasteiger partial charge < -0.3 is 10.1 Å². The molecule has 0 heterocycles. The second kappa shape index (κ2) is 10.00. The Morgan fingerprint density at radius 1 is 1.17 bits per heavy atom. The zero-order chi connectivity index (χ0) is 21.6. The molecule has 0 bridgehead atoms. The number of hydrogen-bond acceptors (Lipinski definition) is 4. The summed E-state index contributed by atoms with van der Waals surface area (Å²) in [5.41, 5.74) is 1.51. The highest BCUT2D eigenvalue weighted by Crippen LogP contribution is 2.27. The van der Waals surface area contributed by atoms with Crippen LogP contribution < -0.4 is 14.4 Å². The molecule has 0 saturated carbocycles. The van der Waals surface area contributed by atoms with E-state index in [1.165, 1.54) is 37.3 Å². The number of rotatable bonds is 8. The number of anilines is 1. The van der Waals surface area contributed by atoms with Crippen molar-refractivity contribution in [2.45, 2.75) is 30.6 Å². The van der Waals surface area contributed by atoms with Crippen molar-refractivity contribution in [1.29, 1.82) is 0 Å². The SMILES string of the molecule is COc1ccc(S(=O)(=O)N(CC(=O)NCC2=CCCCC2)c2cccc(Cl)c2)cc1. The van der Waals surface area contributed by atoms with Crippen LogP contribution in [0.15, 0.2) is 65.1 Å². The molecule has 0 aromatic heterocycles. The molecule has 6 nitrogen and oxygen atoms in total. The van der Waals surface area contributed by atoms with Gasteiger partial charge in [-0.2, -0.15) is 0 Å². The molecule has 30 heavy (non-hydrogen) atoms. The van der Waals surface area contributed by atoms with Gasteiger partial charge in [0.15, 0.2) is 0 Å². The third kappa shape index (κ3) is 5.55. The van der Waals surface area contributed by atoms with Gasteiger partial charge in [0, 0.05) is 11.6 Å². The lowest BCUT2D eigenvalue weighted by atomic mass is 10.00. The zero-order valence-electron chi connectivity index (χ0n) is 16.8. The molecule has 1 aliphatic rings. The van der Waals surface area contributed by atoms with Crippen molar-refractivity contribution in [1.82, 2.24) is 5.32 Å². The van der Waals surface area contributed by atoms with Gasteiger partial charge in [-0.05, 0) is 68.1 Å². The minimum Gasteiger partial charge on any atom is -0.497 e. The van der Waals surface area contributed by atoms with E-state index in [9.17, 15) is 13.2 Å². The quantitative estimate of drug-likeness (QED) is 0.615. The van der Waals surface area contributed by atoms with E-state index in [0.29, 0.717) is 23.0 Å². The second-order valence-electron chi connectivity index (χ2n) is 7.05. The van der Waals surface area contributed by atoms with E-state index in [-0.39, 0.29) is 17.3 Å². The van der Waals surface area contributed by atoms with E-state index in [0.717, 1.165) is 23.6 Å². The van der Waals surface area contributed by atoms with Crippen molar-refractivity contribution in [3.05, 3.63) is 65.2 Å². The van der Waals surface area contributed by atoms with Crippen LogP contribution in [0, 0.1) is 0 Å². The Hall–Kier alpha value is -2.51. The molecule has 1 amide bonds. The van der Waals surface area contributed by atoms with Gasteiger partial charge in [-0.25, -0.2) is 8.42 Å². The largest absolute Gasteiger partial charge is 0.497 e. The maximum absolute atomic E-state index is 13.3. The van der Waals surface area contributed by atoms with Gasteiger partial charge in [0.1, 0.15) is 12.3 Å². The summed E-state index contributed by atoms with van der Waals surface area (Å²) in [4.78, 5) is 12.7. The Balaban J connectivity index is 1.84. The Labute approximate surface area is 182 Å². The molecule has 2 aromatic rings. The Bertz CT molecular complexity index is 1020. The number of carbonyl (C=O) groups excluding carboxylic acids is 1. The highest BCUT2D eigenvalue weighted by molar-refractivity contribution is 7.92. The molecule has 0 fully saturated rings. The molecule has 1 N–H and O–H groups in total. The fourth-order valence-electron chi connectivity index (χ4n) is 3.28. The summed E-state index contributed by atoms with van der Waals surface area (Å²) in [5, 5.41) is 3.23. The Kier molecular flexibility index (Phi) is 7.39. The number of hydrogen-bond donors (Lipinski definition) is 1. The van der Waals surface area contributed by atoms with Crippen molar-refractivity contribution < 1.29 is 17.9 Å². The Morgan fingerprint density at radius 2 is 1.93 bits per heavy atom. The maximum Gasteiger partial charge on any atom is 0.264 e. The maximum atomic E-state index is 13.3. The van der Waals surface area contributed by atoms with Crippen molar-refractivity contribution in [3.63, 3.8) is 0 Å². The van der Waals surface area contributed by atoms with Gasteiger partial charge in [-0.15, -0.1) is 0 Å². The highest BCUT2D eigenvalue weighted by Gasteiger charge is 2.27. The van der Waals surface area contributed by atoms with Crippen LogP contribution in [0.4, 0.5) is 5.69 Å². The zero-order valence-corrected chi connectivity index (χ0v) is 18.4. The molecule has 0 atom stereocenters. The number of nitrogens with one attached hydrogen (secondary N) is 1. The molecule has 160 valence electrons. The van der Waals surface area contributed by atoms with E-state index in [4.69, 9.17) is 16.3 Å². The average Bonchev–Trinajstić information content (AvgIpc) is 2.76. The van der Waals surface area contributed by atoms with E-state index >= 15 is 0 Å². The van der Waals surface area contributed by atoms with E-state index in [1.807, 2.05) is 0 Å². The van der Waals surface area contributed by atoms with Gasteiger partial charge in [0.25, 0.3) is 10.0 Å². The molecule has 8 heteroatoms. The first-order valence-corrected chi connectivity index (χ1v) is 11.6. The van der Waals surface area contributed by atoms with E-state index in [2.05, 4.69) is 11.4 Å². The normalized spacial score (nSPS) is 14.0. The van der Waals surface area contributed by atoms with Crippen LogP contribution in [0.25, 0.3) is 0 Å². The number of carbonyl (C=O) groups is 1. The summed E-state index contributed by atoms with van der Waals surface area (Å²) in [7, 11) is -2.48. The molecule has 0 radical (unpaired) electrons. The summed E-state index contributed by atoms with van der Waals surface area (Å²) >= 11 is 6.08. The number of allylic oxidation sites excluding steroid dienone is 1. The third-order valence-corrected chi connectivity index (χ3v) is 6.95. The van der Waals surface area contributed by atoms with Gasteiger partial charge in [-0.3, -0.25) is 9.10 Å². The standard InChI is InChI=1S/C22H25ClN2O4S/c1-29-20-10-12-21(13-11-20)30(27,28)25(19-9-5-8-18(23)14-19)16-22(26)24-15-17-6-3-2-4-7-17/h5-6,8-14H,2-4,7,15-16H2,1H3,(H,24,26). The predicted octanol–water partition coefficient (Wildman–Crippen LogP) is 4.16. The monoisotopic (exact) mass is 448 g/mol. The van der Waals surface area contributed by atoms with Crippen LogP contribution in [-0.2, 0) is 14.8 Å². The van der Waals surface area contributed by atoms with Gasteiger partial charge in [-0.1, -0.05) is 29.3 Å². The number of benzene rings is 2. The van der Waals surface area contributed by atoms with Crippen molar-refractivity contribution in [2.75, 3.05) is 24.5 Å². The summed E-state index contributed by atoms with van der Waals surface area (Å²) in [6.07, 6.45) is 6.41. The van der Waals surface area contributed by atoms with Crippen molar-refractivity contribution >= 4 is 33.2 Å². The van der Waals surface area contributed by atoms with E-state index < -0.39 is 10.0 Å². The minimum absolute atomic E-state index is 0.0612. The lowest BCUT2D eigenvalue weighted by Gasteiger charge is -2.24. The smallest absolute Gasteiger partial charge is 0.264 e. The molecular formula is C22H25ClN2O4S. The number of ether oxygens (including phenoxy) is 1. The van der Waals surface area contributed by atoms with Crippen molar-refractivity contribution in [2.24, 2.45) is 0 Å². The summed E-state index contributed by atoms with van der Waals surface area (Å²) in [6.45, 7) is 0.0901. The summed E-state index contributed by atoms with van der Waals surface area (Å²) in [5.74, 6) is 0.167. The average molecular weight is 449 g/mol. The lowest BCUT2D eigenvalue weighted by molar-refractivity contribution is -0.119. The third-order valence-electron chi connectivity index (χ3n) is 4.93. The van der Waals surface area contributed by atoms with Crippen LogP contribution in [0.3, 0.4) is 0 Å². The molecule has 0 aliphatic heterocycles. The Morgan fingerprint density at radius 3 is 2.57 bits per heavy atom. The molecule has 1 aliphatic carbocycles. The minimum atomic E-state index is -3.99. The van der Waals surface area contributed by atoms with Gasteiger partial charge >= 0.3 is 0 Å². The number of sulfonamides is 1. The first-order chi connectivity index (χ1) is 14.4. The predicted molar refractivity (Wildman–Crippen MR) is 119 cm³/mol. The van der Waals surface area contributed by atoms with E-state index in [1.54, 1.807) is 30.3 Å². The van der Waals surface area contributed by atoms with Crippen LogP contribution in [0.5, 0.6) is 5.75 Å². The number of methoxy groups -OCH3 is 1. The fourth-order valence-corrected chi connectivity index (χ4v) is 4.88. The topological polar surface area (TPSA) is 75.7 Å². The molecule has 0 unspecified atom stereocenters. The molecule has 3 rings (SSSR count). The molecule has 2 aromatic carbocycles. The summed E-state index contributed by atoms with van der Waals surface area (Å²) in [6, 6.07) is 12.5. The number of nitrogens with zero attached hydrogens (tertiary/aromatic N) is 1. The molecule has 0 saturated heterocycles. The fraction of sp³-hybridized carbons (Fsp3) is 0.318. The summed E-state index contributed by atoms with van der Waals surface area (Å²) < 4.78 is 32.8. The van der Waals surface area contributed by atoms with Crippen molar-refractivity contribution in [3.8, 4) is 5.75 Å². The lowest BCUT2D eigenvalue weighted by Crippen LogP contribution is -2.41. The van der Waals surface area contributed by atoms with Gasteiger partial charge in [0.2, 0.25) is 5.91 Å². The van der Waals surface area contributed by atoms with Crippen LogP contribution in [-0.4, -0.2) is 34.5 Å². The van der Waals surface area contributed by atoms with Crippen LogP contribution >= 0.6 is 11.6 Å². The number of amides is 1. The number of halogens is 1. The molecule has 0 spiro atoms. The molecular weight excluding hydrogens is 424 g/mol. The first-order valence-electron chi connectivity index (χ1n) is 9.77. The van der Waals surface area contributed by atoms with Crippen LogP contribution in [0.2, 0.25) is 5.02 Å². The second-order valence-corrected chi connectivity index (χ2v) is 9.35. The van der Waals surface area contributed by atoms with Gasteiger partial charge in [0.05, 0.1) is 17.7 Å². The highest BCUT2D eigenvalue weighted by atomic mass is 35.5. The van der Waals surface area contributed by atoms with Crippen LogP contribution in [0.1, 0.15) is 25.7 Å². The first kappa shape index (κ1) is 22.2.